The molecule has 0 unspecified atom stereocenters. The Morgan fingerprint density at radius 3 is 2.22 bits per heavy atom. The van der Waals surface area contributed by atoms with Crippen molar-refractivity contribution in [1.29, 1.82) is 0 Å². The summed E-state index contributed by atoms with van der Waals surface area (Å²) in [5.74, 6) is -2.17. The van der Waals surface area contributed by atoms with Crippen molar-refractivity contribution in [3.8, 4) is 6.01 Å². The molecule has 2 heterocycles. The largest absolute Gasteiger partial charge is 0.454 e. The molecule has 5 aromatic rings. The van der Waals surface area contributed by atoms with Crippen LogP contribution < -0.4 is 31.3 Å². The fourth-order valence-corrected chi connectivity index (χ4v) is 5.44. The molecule has 0 spiro atoms. The molecule has 1 aliphatic carbocycles. The number of nitrogens with one attached hydrogen (secondary N) is 5. The number of fused-ring (bicyclic) bond motifs is 1. The van der Waals surface area contributed by atoms with Crippen molar-refractivity contribution >= 4 is 63.6 Å². The zero-order valence-corrected chi connectivity index (χ0v) is 30.0. The lowest BCUT2D eigenvalue weighted by molar-refractivity contribution is -0.154. The van der Waals surface area contributed by atoms with Gasteiger partial charge in [-0.1, -0.05) is 42.7 Å². The number of amides is 3. The number of hydrogen-bond acceptors (Lipinski definition) is 11. The van der Waals surface area contributed by atoms with Crippen molar-refractivity contribution < 1.29 is 36.8 Å². The minimum Gasteiger partial charge on any atom is -0.454 e. The van der Waals surface area contributed by atoms with Crippen molar-refractivity contribution in [3.63, 3.8) is 0 Å². The lowest BCUT2D eigenvalue weighted by atomic mass is 9.93. The molecule has 3 aromatic carbocycles. The van der Waals surface area contributed by atoms with Gasteiger partial charge in [-0.3, -0.25) is 14.4 Å². The minimum atomic E-state index is -4.61. The van der Waals surface area contributed by atoms with Gasteiger partial charge in [0.2, 0.25) is 11.9 Å². The maximum Gasteiger partial charge on any atom is 0.422 e. The highest BCUT2D eigenvalue weighted by atomic mass is 35.5. The molecule has 0 atom stereocenters. The highest BCUT2D eigenvalue weighted by Gasteiger charge is 2.45. The maximum atomic E-state index is 13.0. The Kier molecular flexibility index (Phi) is 10.6. The smallest absolute Gasteiger partial charge is 0.422 e. The number of halogens is 4. The highest BCUT2D eigenvalue weighted by molar-refractivity contribution is 6.39. The summed E-state index contributed by atoms with van der Waals surface area (Å²) >= 11 is 6.03. The number of carbonyl (C=O) groups excluding carboxylic acids is 3. The van der Waals surface area contributed by atoms with E-state index in [1.165, 1.54) is 12.1 Å². The number of alkyl halides is 3. The molecule has 5 N–H and O–H groups in total. The van der Waals surface area contributed by atoms with Crippen LogP contribution in [-0.2, 0) is 15.1 Å². The zero-order chi connectivity index (χ0) is 38.7. The van der Waals surface area contributed by atoms with Gasteiger partial charge in [-0.2, -0.15) is 28.1 Å². The molecule has 1 fully saturated rings. The van der Waals surface area contributed by atoms with Gasteiger partial charge in [-0.25, -0.2) is 0 Å². The predicted molar refractivity (Wildman–Crippen MR) is 194 cm³/mol. The van der Waals surface area contributed by atoms with Crippen LogP contribution in [0.5, 0.6) is 6.01 Å². The van der Waals surface area contributed by atoms with Crippen LogP contribution in [0, 0.1) is 12.3 Å². The van der Waals surface area contributed by atoms with Crippen molar-refractivity contribution in [2.45, 2.75) is 45.3 Å². The van der Waals surface area contributed by atoms with Gasteiger partial charge in [0.25, 0.3) is 5.91 Å². The van der Waals surface area contributed by atoms with Crippen molar-refractivity contribution in [2.24, 2.45) is 5.41 Å². The van der Waals surface area contributed by atoms with Gasteiger partial charge in [-0.05, 0) is 85.3 Å². The minimum absolute atomic E-state index is 0.00709. The van der Waals surface area contributed by atoms with Crippen LogP contribution in [0.1, 0.15) is 48.3 Å². The Labute approximate surface area is 311 Å². The van der Waals surface area contributed by atoms with Crippen molar-refractivity contribution in [1.82, 2.24) is 30.7 Å². The first kappa shape index (κ1) is 37.8. The summed E-state index contributed by atoms with van der Waals surface area (Å²) in [7, 11) is 0. The summed E-state index contributed by atoms with van der Waals surface area (Å²) in [5.41, 5.74) is 2.12. The van der Waals surface area contributed by atoms with E-state index in [9.17, 15) is 27.6 Å². The number of rotatable bonds is 13. The molecular weight excluding hydrogens is 731 g/mol. The Balaban J connectivity index is 1.03. The Morgan fingerprint density at radius 1 is 0.870 bits per heavy atom. The van der Waals surface area contributed by atoms with Crippen LogP contribution in [0.15, 0.2) is 71.3 Å². The molecule has 282 valence electrons. The van der Waals surface area contributed by atoms with Crippen LogP contribution in [0.2, 0.25) is 5.02 Å². The Hall–Kier alpha value is -5.97. The van der Waals surface area contributed by atoms with Gasteiger partial charge in [0, 0.05) is 40.4 Å². The van der Waals surface area contributed by atoms with E-state index in [0.717, 1.165) is 18.4 Å². The normalized spacial score (nSPS) is 13.5. The third-order valence-corrected chi connectivity index (χ3v) is 8.70. The Bertz CT molecular complexity index is 2170. The van der Waals surface area contributed by atoms with Crippen LogP contribution in [-0.4, -0.2) is 63.7 Å². The third-order valence-electron chi connectivity index (χ3n) is 8.45. The van der Waals surface area contributed by atoms with Gasteiger partial charge in [0.1, 0.15) is 0 Å². The van der Waals surface area contributed by atoms with Gasteiger partial charge < -0.3 is 35.8 Å². The van der Waals surface area contributed by atoms with E-state index in [1.54, 1.807) is 49.4 Å². The Morgan fingerprint density at radius 2 is 1.54 bits per heavy atom. The molecule has 0 aliphatic heterocycles. The van der Waals surface area contributed by atoms with E-state index in [1.807, 2.05) is 26.0 Å². The maximum absolute atomic E-state index is 13.0. The highest BCUT2D eigenvalue weighted by Crippen LogP contribution is 2.48. The summed E-state index contributed by atoms with van der Waals surface area (Å²) in [5, 5.41) is 19.3. The molecule has 1 aliphatic rings. The fourth-order valence-electron chi connectivity index (χ4n) is 5.32. The first-order valence-corrected chi connectivity index (χ1v) is 17.0. The standard InChI is InChI=1S/C36H35ClF3N9O5/c1-20-26-16-25(12-13-27(26)54-49-20)43-30(52)29(51)42-18-34(2,3)17-41-28(50)21-4-10-24(11-5-21)44-31-45-32(47-33(46-31)53-19-36(38,39)40)48-35(14-15-35)22-6-8-23(37)9-7-22/h4-13,16H,14-15,17-19H2,1-3H3,(H,41,50)(H,42,51)(H,43,52)(H2,44,45,46,47,48). The van der Waals surface area contributed by atoms with E-state index in [0.29, 0.717) is 38.6 Å². The SMILES string of the molecule is Cc1noc2ccc(NC(=O)C(=O)NCC(C)(C)CNC(=O)c3ccc(Nc4nc(NC5(c6ccc(Cl)cc6)CC5)nc(OCC(F)(F)F)n4)cc3)cc12. The second-order valence-electron chi connectivity index (χ2n) is 13.5. The zero-order valence-electron chi connectivity index (χ0n) is 29.2. The summed E-state index contributed by atoms with van der Waals surface area (Å²) in [4.78, 5) is 50.4. The molecule has 0 radical (unpaired) electrons. The summed E-state index contributed by atoms with van der Waals surface area (Å²) < 4.78 is 48.8. The monoisotopic (exact) mass is 765 g/mol. The number of ether oxygens (including phenoxy) is 1. The third kappa shape index (κ3) is 9.71. The van der Waals surface area contributed by atoms with Crippen molar-refractivity contribution in [2.75, 3.05) is 35.6 Å². The lowest BCUT2D eigenvalue weighted by Crippen LogP contribution is -2.44. The molecule has 3 amide bonds. The predicted octanol–water partition coefficient (Wildman–Crippen LogP) is 6.27. The van der Waals surface area contributed by atoms with E-state index in [4.69, 9.17) is 20.9 Å². The second-order valence-corrected chi connectivity index (χ2v) is 14.0. The fraction of sp³-hybridized carbons (Fsp3) is 0.306. The first-order valence-electron chi connectivity index (χ1n) is 16.7. The van der Waals surface area contributed by atoms with E-state index in [2.05, 4.69) is 46.7 Å². The number of aryl methyl sites for hydroxylation is 1. The van der Waals surface area contributed by atoms with Gasteiger partial charge >= 0.3 is 24.0 Å². The topological polar surface area (TPSA) is 185 Å². The summed E-state index contributed by atoms with van der Waals surface area (Å²) in [6.07, 6.45) is -3.14. The molecule has 18 heteroatoms. The average Bonchev–Trinajstić information content (AvgIpc) is 3.82. The number of carbonyl (C=O) groups is 3. The number of nitrogens with zero attached hydrogens (tertiary/aromatic N) is 4. The lowest BCUT2D eigenvalue weighted by Gasteiger charge is -2.25. The molecule has 14 nitrogen and oxygen atoms in total. The first-order chi connectivity index (χ1) is 25.6. The number of anilines is 4. The number of aromatic nitrogens is 4. The molecule has 54 heavy (non-hydrogen) atoms. The van der Waals surface area contributed by atoms with Crippen molar-refractivity contribution in [3.05, 3.63) is 88.6 Å². The molecule has 0 saturated heterocycles. The van der Waals surface area contributed by atoms with Crippen LogP contribution in [0.25, 0.3) is 11.0 Å². The molecule has 6 rings (SSSR count). The van der Waals surface area contributed by atoms with Gasteiger partial charge in [0.15, 0.2) is 12.2 Å². The molecule has 2 aromatic heterocycles. The summed E-state index contributed by atoms with van der Waals surface area (Å²) in [6, 6.07) is 17.8. The van der Waals surface area contributed by atoms with E-state index < -0.39 is 47.5 Å². The quantitative estimate of drug-likeness (QED) is 0.0851. The van der Waals surface area contributed by atoms with E-state index >= 15 is 0 Å². The van der Waals surface area contributed by atoms with Gasteiger partial charge in [0.05, 0.1) is 11.2 Å². The average molecular weight is 766 g/mol. The van der Waals surface area contributed by atoms with Crippen LogP contribution in [0.3, 0.4) is 0 Å². The molecular formula is C36H35ClF3N9O5. The summed E-state index contributed by atoms with van der Waals surface area (Å²) in [6.45, 7) is 4.04. The van der Waals surface area contributed by atoms with E-state index in [-0.39, 0.29) is 25.0 Å². The number of hydrogen-bond donors (Lipinski definition) is 5. The van der Waals surface area contributed by atoms with Crippen LogP contribution in [0.4, 0.5) is 36.4 Å². The molecule has 0 bridgehead atoms. The number of benzene rings is 3. The molecule has 1 saturated carbocycles. The van der Waals surface area contributed by atoms with Crippen LogP contribution >= 0.6 is 11.6 Å². The van der Waals surface area contributed by atoms with Gasteiger partial charge in [-0.15, -0.1) is 0 Å². The second kappa shape index (κ2) is 15.2.